The van der Waals surface area contributed by atoms with Crippen LogP contribution in [0.5, 0.6) is 0 Å². The quantitative estimate of drug-likeness (QED) is 0.859. The molecule has 1 aliphatic heterocycles. The third-order valence-corrected chi connectivity index (χ3v) is 4.19. The summed E-state index contributed by atoms with van der Waals surface area (Å²) in [6, 6.07) is -0.706. The van der Waals surface area contributed by atoms with E-state index >= 15 is 0 Å². The Kier molecular flexibility index (Phi) is 3.73. The van der Waals surface area contributed by atoms with Gasteiger partial charge in [-0.1, -0.05) is 0 Å². The Labute approximate surface area is 115 Å². The number of carbonyl (C=O) groups excluding carboxylic acids is 2. The second-order valence-corrected chi connectivity index (χ2v) is 5.86. The Bertz CT molecular complexity index is 420. The summed E-state index contributed by atoms with van der Waals surface area (Å²) in [4.78, 5) is 25.7. The van der Waals surface area contributed by atoms with Crippen LogP contribution in [0.1, 0.15) is 39.5 Å². The monoisotopic (exact) mass is 292 g/mol. The average molecular weight is 292 g/mol. The molecule has 2 atom stereocenters. The molecule has 0 radical (unpaired) electrons. The summed E-state index contributed by atoms with van der Waals surface area (Å²) in [5.74, 6) is -0.433. The molecule has 0 aromatic carbocycles. The highest BCUT2D eigenvalue weighted by Crippen LogP contribution is 2.42. The Morgan fingerprint density at radius 3 is 2.45 bits per heavy atom. The van der Waals surface area contributed by atoms with Gasteiger partial charge in [0.15, 0.2) is 0 Å². The van der Waals surface area contributed by atoms with E-state index in [9.17, 15) is 22.8 Å². The molecule has 2 fully saturated rings. The lowest BCUT2D eigenvalue weighted by molar-refractivity contribution is -0.156. The second-order valence-electron chi connectivity index (χ2n) is 5.86. The molecular weight excluding hydrogens is 273 g/mol. The molecule has 2 rings (SSSR count). The number of alkyl halides is 3. The molecule has 1 saturated heterocycles. The Balaban J connectivity index is 2.05. The van der Waals surface area contributed by atoms with Gasteiger partial charge in [0.1, 0.15) is 11.6 Å². The fraction of sp³-hybridized carbons (Fsp3) is 0.846. The van der Waals surface area contributed by atoms with E-state index in [1.807, 2.05) is 0 Å². The van der Waals surface area contributed by atoms with Crippen LogP contribution in [0.3, 0.4) is 0 Å². The molecule has 0 spiro atoms. The lowest BCUT2D eigenvalue weighted by Gasteiger charge is -2.43. The van der Waals surface area contributed by atoms with Crippen molar-refractivity contribution < 1.29 is 22.8 Å². The normalized spacial score (nSPS) is 31.4. The summed E-state index contributed by atoms with van der Waals surface area (Å²) < 4.78 is 36.6. The van der Waals surface area contributed by atoms with Gasteiger partial charge >= 0.3 is 6.18 Å². The zero-order valence-electron chi connectivity index (χ0n) is 11.6. The van der Waals surface area contributed by atoms with Crippen molar-refractivity contribution in [1.29, 1.82) is 0 Å². The van der Waals surface area contributed by atoms with Crippen molar-refractivity contribution in [1.82, 2.24) is 10.2 Å². The summed E-state index contributed by atoms with van der Waals surface area (Å²) in [6.07, 6.45) is -3.61. The molecular formula is C13H19F3N2O2. The zero-order valence-corrected chi connectivity index (χ0v) is 11.6. The first-order valence-electron chi connectivity index (χ1n) is 6.85. The number of nitrogens with one attached hydrogen (secondary N) is 1. The Morgan fingerprint density at radius 1 is 1.35 bits per heavy atom. The maximum absolute atomic E-state index is 12.5. The van der Waals surface area contributed by atoms with E-state index in [1.165, 1.54) is 4.90 Å². The number of piperazine rings is 1. The molecule has 2 aliphatic rings. The molecule has 0 aromatic rings. The summed E-state index contributed by atoms with van der Waals surface area (Å²) in [6.45, 7) is 3.19. The largest absolute Gasteiger partial charge is 0.389 e. The van der Waals surface area contributed by atoms with Gasteiger partial charge in [-0.3, -0.25) is 9.59 Å². The molecule has 20 heavy (non-hydrogen) atoms. The first-order chi connectivity index (χ1) is 9.15. The van der Waals surface area contributed by atoms with Crippen molar-refractivity contribution >= 4 is 11.8 Å². The molecule has 2 amide bonds. The lowest BCUT2D eigenvalue weighted by atomic mass is 9.89. The molecule has 1 aliphatic carbocycles. The maximum Gasteiger partial charge on any atom is 0.389 e. The summed E-state index contributed by atoms with van der Waals surface area (Å²) in [5, 5.41) is 2.74. The number of rotatable bonds is 4. The van der Waals surface area contributed by atoms with Crippen LogP contribution in [0.15, 0.2) is 0 Å². The van der Waals surface area contributed by atoms with Crippen molar-refractivity contribution in [2.75, 3.05) is 6.54 Å². The van der Waals surface area contributed by atoms with E-state index in [0.717, 1.165) is 12.8 Å². The summed E-state index contributed by atoms with van der Waals surface area (Å²) in [7, 11) is 0. The van der Waals surface area contributed by atoms with E-state index in [1.54, 1.807) is 13.8 Å². The fourth-order valence-corrected chi connectivity index (χ4v) is 2.71. The van der Waals surface area contributed by atoms with Crippen LogP contribution in [0.25, 0.3) is 0 Å². The molecule has 114 valence electrons. The number of carbonyl (C=O) groups is 2. The van der Waals surface area contributed by atoms with Gasteiger partial charge in [0.05, 0.1) is 0 Å². The van der Waals surface area contributed by atoms with Gasteiger partial charge in [-0.2, -0.15) is 13.2 Å². The second kappa shape index (κ2) is 4.93. The third-order valence-electron chi connectivity index (χ3n) is 4.19. The molecule has 0 bridgehead atoms. The van der Waals surface area contributed by atoms with Crippen LogP contribution in [0, 0.1) is 5.92 Å². The fourth-order valence-electron chi connectivity index (χ4n) is 2.71. The van der Waals surface area contributed by atoms with Crippen molar-refractivity contribution in [3.05, 3.63) is 0 Å². The van der Waals surface area contributed by atoms with Gasteiger partial charge in [0, 0.05) is 13.0 Å². The van der Waals surface area contributed by atoms with Crippen LogP contribution >= 0.6 is 0 Å². The standard InChI is InChI=1S/C13H19F3N2O2/c1-8-10(19)17-12(2,9-4-5-9)11(20)18(8)7-3-6-13(14,15)16/h8-9H,3-7H2,1-2H3,(H,17,19). The number of hydrogen-bond donors (Lipinski definition) is 1. The third kappa shape index (κ3) is 2.91. The smallest absolute Gasteiger partial charge is 0.340 e. The first kappa shape index (κ1) is 15.1. The molecule has 2 unspecified atom stereocenters. The topological polar surface area (TPSA) is 49.4 Å². The predicted molar refractivity (Wildman–Crippen MR) is 65.7 cm³/mol. The van der Waals surface area contributed by atoms with Crippen LogP contribution < -0.4 is 5.32 Å². The van der Waals surface area contributed by atoms with Crippen molar-refractivity contribution in [3.8, 4) is 0 Å². The van der Waals surface area contributed by atoms with Crippen LogP contribution in [0.4, 0.5) is 13.2 Å². The van der Waals surface area contributed by atoms with E-state index in [-0.39, 0.29) is 30.7 Å². The van der Waals surface area contributed by atoms with E-state index in [0.29, 0.717) is 0 Å². The van der Waals surface area contributed by atoms with Gasteiger partial charge in [-0.25, -0.2) is 0 Å². The van der Waals surface area contributed by atoms with Crippen LogP contribution in [0.2, 0.25) is 0 Å². The minimum atomic E-state index is -4.23. The van der Waals surface area contributed by atoms with Gasteiger partial charge in [0.2, 0.25) is 11.8 Å². The highest BCUT2D eigenvalue weighted by molar-refractivity contribution is 5.99. The number of amides is 2. The van der Waals surface area contributed by atoms with Crippen LogP contribution in [-0.4, -0.2) is 41.0 Å². The minimum absolute atomic E-state index is 0.0325. The first-order valence-corrected chi connectivity index (χ1v) is 6.85. The molecule has 1 saturated carbocycles. The lowest BCUT2D eigenvalue weighted by Crippen LogP contribution is -2.69. The van der Waals surface area contributed by atoms with E-state index in [2.05, 4.69) is 5.32 Å². The van der Waals surface area contributed by atoms with E-state index in [4.69, 9.17) is 0 Å². The number of hydrogen-bond acceptors (Lipinski definition) is 2. The maximum atomic E-state index is 12.5. The van der Waals surface area contributed by atoms with Gasteiger partial charge in [-0.05, 0) is 39.0 Å². The van der Waals surface area contributed by atoms with E-state index < -0.39 is 24.2 Å². The molecule has 1 heterocycles. The Morgan fingerprint density at radius 2 is 1.95 bits per heavy atom. The predicted octanol–water partition coefficient (Wildman–Crippen LogP) is 1.84. The molecule has 7 heteroatoms. The number of nitrogens with zero attached hydrogens (tertiary/aromatic N) is 1. The average Bonchev–Trinajstić information content (AvgIpc) is 3.14. The van der Waals surface area contributed by atoms with Crippen molar-refractivity contribution in [3.63, 3.8) is 0 Å². The highest BCUT2D eigenvalue weighted by atomic mass is 19.4. The van der Waals surface area contributed by atoms with Gasteiger partial charge in [-0.15, -0.1) is 0 Å². The molecule has 0 aromatic heterocycles. The summed E-state index contributed by atoms with van der Waals surface area (Å²) >= 11 is 0. The van der Waals surface area contributed by atoms with Crippen LogP contribution in [-0.2, 0) is 9.59 Å². The van der Waals surface area contributed by atoms with Gasteiger partial charge in [0.25, 0.3) is 0 Å². The Hall–Kier alpha value is -1.27. The molecule has 1 N–H and O–H groups in total. The zero-order chi connectivity index (χ0) is 15.1. The van der Waals surface area contributed by atoms with Gasteiger partial charge < -0.3 is 10.2 Å². The number of halogens is 3. The van der Waals surface area contributed by atoms with Crippen molar-refractivity contribution in [2.24, 2.45) is 5.92 Å². The highest BCUT2D eigenvalue weighted by Gasteiger charge is 2.54. The molecule has 4 nitrogen and oxygen atoms in total. The van der Waals surface area contributed by atoms with Crippen molar-refractivity contribution in [2.45, 2.75) is 57.3 Å². The minimum Gasteiger partial charge on any atom is -0.340 e. The summed E-state index contributed by atoms with van der Waals surface area (Å²) in [5.41, 5.74) is -0.943. The SMILES string of the molecule is CC1C(=O)NC(C)(C2CC2)C(=O)N1CCCC(F)(F)F.